The molecule has 3 amide bonds. The number of nitrogens with one attached hydrogen (secondary N) is 3. The van der Waals surface area contributed by atoms with Gasteiger partial charge in [-0.15, -0.1) is 0 Å². The summed E-state index contributed by atoms with van der Waals surface area (Å²) in [6.45, 7) is 0.478. The second-order valence-electron chi connectivity index (χ2n) is 9.43. The van der Waals surface area contributed by atoms with Crippen LogP contribution in [-0.4, -0.2) is 71.7 Å². The van der Waals surface area contributed by atoms with Gasteiger partial charge in [0.25, 0.3) is 0 Å². The second-order valence-corrected chi connectivity index (χ2v) is 9.43. The summed E-state index contributed by atoms with van der Waals surface area (Å²) in [6, 6.07) is 6.10. The van der Waals surface area contributed by atoms with Crippen molar-refractivity contribution in [3.8, 4) is 22.6 Å². The van der Waals surface area contributed by atoms with E-state index in [0.717, 1.165) is 0 Å². The van der Waals surface area contributed by atoms with Crippen LogP contribution >= 0.6 is 0 Å². The van der Waals surface area contributed by atoms with E-state index in [1.807, 2.05) is 0 Å². The Hall–Kier alpha value is -3.71. The van der Waals surface area contributed by atoms with Crippen molar-refractivity contribution < 1.29 is 24.6 Å². The Morgan fingerprint density at radius 1 is 0.921 bits per heavy atom. The number of rotatable bonds is 7. The number of nitrogens with two attached hydrogens (primary N) is 4. The number of phenols is 2. The topological polar surface area (TPSA) is 232 Å². The van der Waals surface area contributed by atoms with Gasteiger partial charge < -0.3 is 49.1 Å². The lowest BCUT2D eigenvalue weighted by molar-refractivity contribution is -0.132. The first-order valence-electron chi connectivity index (χ1n) is 12.6. The molecule has 1 aliphatic heterocycles. The van der Waals surface area contributed by atoms with Gasteiger partial charge in [0, 0.05) is 25.9 Å². The summed E-state index contributed by atoms with van der Waals surface area (Å²) in [6.07, 6.45) is 0.608. The van der Waals surface area contributed by atoms with Gasteiger partial charge in [-0.1, -0.05) is 12.1 Å². The van der Waals surface area contributed by atoms with E-state index in [9.17, 15) is 24.6 Å². The number of fused-ring (bicyclic) bond motifs is 5. The predicted octanol–water partition coefficient (Wildman–Crippen LogP) is -1.70. The minimum Gasteiger partial charge on any atom is -0.508 e. The quantitative estimate of drug-likeness (QED) is 0.199. The molecule has 12 heteroatoms. The largest absolute Gasteiger partial charge is 0.508 e. The lowest BCUT2D eigenvalue weighted by Gasteiger charge is -2.26. The highest BCUT2D eigenvalue weighted by atomic mass is 16.3. The smallest absolute Gasteiger partial charge is 0.243 e. The van der Waals surface area contributed by atoms with Crippen molar-refractivity contribution >= 4 is 17.7 Å². The van der Waals surface area contributed by atoms with Crippen LogP contribution in [0.5, 0.6) is 11.5 Å². The lowest BCUT2D eigenvalue weighted by atomic mass is 9.95. The molecule has 0 unspecified atom stereocenters. The summed E-state index contributed by atoms with van der Waals surface area (Å²) >= 11 is 0. The first-order chi connectivity index (χ1) is 18.2. The predicted molar refractivity (Wildman–Crippen MR) is 143 cm³/mol. The van der Waals surface area contributed by atoms with Crippen LogP contribution in [0.1, 0.15) is 24.0 Å². The fourth-order valence-corrected chi connectivity index (χ4v) is 4.27. The number of aromatic hydroxyl groups is 2. The summed E-state index contributed by atoms with van der Waals surface area (Å²) in [5, 5.41) is 29.1. The summed E-state index contributed by atoms with van der Waals surface area (Å²) in [4.78, 5) is 39.5. The molecule has 0 fully saturated rings. The van der Waals surface area contributed by atoms with Gasteiger partial charge in [0.1, 0.15) is 23.6 Å². The Kier molecular flexibility index (Phi) is 10.0. The van der Waals surface area contributed by atoms with Gasteiger partial charge in [-0.05, 0) is 65.9 Å². The third-order valence-electron chi connectivity index (χ3n) is 6.57. The molecule has 12 nitrogen and oxygen atoms in total. The third-order valence-corrected chi connectivity index (χ3v) is 6.57. The lowest BCUT2D eigenvalue weighted by Crippen LogP contribution is -2.58. The number of hydrogen-bond donors (Lipinski definition) is 9. The number of carbonyl (C=O) groups is 3. The zero-order chi connectivity index (χ0) is 27.8. The summed E-state index contributed by atoms with van der Waals surface area (Å²) in [5.41, 5.74) is 25.4. The third kappa shape index (κ3) is 7.19. The van der Waals surface area contributed by atoms with Gasteiger partial charge in [-0.2, -0.15) is 0 Å². The Bertz CT molecular complexity index is 1150. The van der Waals surface area contributed by atoms with Crippen LogP contribution < -0.4 is 38.9 Å². The van der Waals surface area contributed by atoms with E-state index in [2.05, 4.69) is 16.0 Å². The highest BCUT2D eigenvalue weighted by Crippen LogP contribution is 2.30. The van der Waals surface area contributed by atoms with Crippen LogP contribution in [-0.2, 0) is 27.2 Å². The maximum Gasteiger partial charge on any atom is 0.243 e. The van der Waals surface area contributed by atoms with Gasteiger partial charge in [0.15, 0.2) is 0 Å². The van der Waals surface area contributed by atoms with Gasteiger partial charge in [0.05, 0.1) is 12.1 Å². The average molecular weight is 528 g/mol. The maximum atomic E-state index is 13.3. The molecule has 3 atom stereocenters. The van der Waals surface area contributed by atoms with Crippen LogP contribution in [0.25, 0.3) is 11.1 Å². The fraction of sp³-hybridized carbons (Fsp3) is 0.423. The standard InChI is InChI=1S/C26H37N7O5/c27-7-1-2-20-25(37)33-21(26(38)31-18(12-28)13-29)11-17-9-15(4-6-23(17)35)14-3-5-22(34)16(8-14)10-19(30)24(36)32-20/h3-6,8-9,18-21,34-35H,1-2,7,10-13,27-30H2,(H,31,38)(H,32,36)(H,33,37)/t19-,20+,21+/m0/s1. The molecule has 13 N–H and O–H groups in total. The van der Waals surface area contributed by atoms with E-state index in [-0.39, 0.29) is 50.4 Å². The SMILES string of the molecule is NCCC[C@H]1NC(=O)[C@@H](N)Cc2cc(ccc2O)-c2ccc(O)c(c2)C[C@H](C(=O)NC(CN)CN)NC1=O. The fourth-order valence-electron chi connectivity index (χ4n) is 4.27. The number of hydrogen-bond acceptors (Lipinski definition) is 9. The summed E-state index contributed by atoms with van der Waals surface area (Å²) < 4.78 is 0. The molecule has 0 saturated carbocycles. The minimum atomic E-state index is -1.12. The molecule has 4 bridgehead atoms. The molecule has 0 saturated heterocycles. The number of benzene rings is 2. The van der Waals surface area contributed by atoms with Crippen molar-refractivity contribution in [2.75, 3.05) is 19.6 Å². The van der Waals surface area contributed by atoms with Crippen LogP contribution in [0.15, 0.2) is 36.4 Å². The van der Waals surface area contributed by atoms with E-state index in [1.54, 1.807) is 24.3 Å². The second kappa shape index (κ2) is 13.2. The molecule has 1 heterocycles. The molecule has 2 aromatic rings. The molecule has 0 aliphatic carbocycles. The van der Waals surface area contributed by atoms with Crippen molar-refractivity contribution in [3.05, 3.63) is 47.5 Å². The molecule has 206 valence electrons. The van der Waals surface area contributed by atoms with E-state index >= 15 is 0 Å². The van der Waals surface area contributed by atoms with Gasteiger partial charge in [-0.3, -0.25) is 14.4 Å². The Morgan fingerprint density at radius 2 is 1.50 bits per heavy atom. The molecule has 38 heavy (non-hydrogen) atoms. The summed E-state index contributed by atoms with van der Waals surface area (Å²) in [7, 11) is 0. The maximum absolute atomic E-state index is 13.3. The number of carbonyl (C=O) groups excluding carboxylic acids is 3. The highest BCUT2D eigenvalue weighted by molar-refractivity contribution is 5.93. The van der Waals surface area contributed by atoms with E-state index in [1.165, 1.54) is 12.1 Å². The number of phenolic OH excluding ortho intramolecular Hbond substituents is 2. The van der Waals surface area contributed by atoms with Gasteiger partial charge in [0.2, 0.25) is 17.7 Å². The first-order valence-corrected chi connectivity index (χ1v) is 12.6. The van der Waals surface area contributed by atoms with Crippen LogP contribution in [0, 0.1) is 0 Å². The number of amides is 3. The van der Waals surface area contributed by atoms with Crippen molar-refractivity contribution in [3.63, 3.8) is 0 Å². The molecular weight excluding hydrogens is 490 g/mol. The monoisotopic (exact) mass is 527 g/mol. The molecule has 0 radical (unpaired) electrons. The van der Waals surface area contributed by atoms with Crippen LogP contribution in [0.2, 0.25) is 0 Å². The molecule has 0 spiro atoms. The Balaban J connectivity index is 2.08. The highest BCUT2D eigenvalue weighted by Gasteiger charge is 2.30. The Morgan fingerprint density at radius 3 is 2.05 bits per heavy atom. The van der Waals surface area contributed by atoms with Crippen molar-refractivity contribution in [2.45, 2.75) is 49.9 Å². The van der Waals surface area contributed by atoms with Crippen molar-refractivity contribution in [1.29, 1.82) is 0 Å². The molecular formula is C26H37N7O5. The normalized spacial score (nSPS) is 20.2. The van der Waals surface area contributed by atoms with Crippen molar-refractivity contribution in [1.82, 2.24) is 16.0 Å². The van der Waals surface area contributed by atoms with E-state index in [4.69, 9.17) is 22.9 Å². The van der Waals surface area contributed by atoms with Crippen LogP contribution in [0.3, 0.4) is 0 Å². The molecule has 1 aliphatic rings. The van der Waals surface area contributed by atoms with E-state index in [0.29, 0.717) is 28.7 Å². The van der Waals surface area contributed by atoms with Crippen molar-refractivity contribution in [2.24, 2.45) is 22.9 Å². The van der Waals surface area contributed by atoms with E-state index < -0.39 is 41.9 Å². The molecule has 2 aromatic carbocycles. The first kappa shape index (κ1) is 28.9. The Labute approximate surface area is 221 Å². The minimum absolute atomic E-state index is 0.0201. The molecule has 0 aromatic heterocycles. The molecule has 3 rings (SSSR count). The van der Waals surface area contributed by atoms with Gasteiger partial charge >= 0.3 is 0 Å². The zero-order valence-corrected chi connectivity index (χ0v) is 21.2. The van der Waals surface area contributed by atoms with Gasteiger partial charge in [-0.25, -0.2) is 0 Å². The summed E-state index contributed by atoms with van der Waals surface area (Å²) in [5.74, 6) is -1.82. The van der Waals surface area contributed by atoms with Crippen LogP contribution in [0.4, 0.5) is 0 Å². The zero-order valence-electron chi connectivity index (χ0n) is 21.2. The average Bonchev–Trinajstić information content (AvgIpc) is 2.90.